The maximum atomic E-state index is 5.40. The molecule has 10 rings (SSSR count). The lowest BCUT2D eigenvalue weighted by Crippen LogP contribution is -1.97. The van der Waals surface area contributed by atoms with Crippen molar-refractivity contribution in [2.24, 2.45) is 0 Å². The van der Waals surface area contributed by atoms with Crippen LogP contribution in [0.15, 0.2) is 182 Å². The summed E-state index contributed by atoms with van der Waals surface area (Å²) in [6, 6.07) is 63.1. The van der Waals surface area contributed by atoms with Gasteiger partial charge < -0.3 is 0 Å². The molecule has 0 aliphatic heterocycles. The number of rotatable bonds is 5. The molecule has 0 unspecified atom stereocenters. The second-order valence-electron chi connectivity index (χ2n) is 13.0. The zero-order valence-electron chi connectivity index (χ0n) is 28.1. The summed E-state index contributed by atoms with van der Waals surface area (Å²) in [5.74, 6) is 0. The maximum absolute atomic E-state index is 5.40. The first-order valence-corrected chi connectivity index (χ1v) is 17.5. The van der Waals surface area contributed by atoms with Crippen LogP contribution in [0.2, 0.25) is 0 Å². The Balaban J connectivity index is 1.19. The summed E-state index contributed by atoms with van der Waals surface area (Å²) in [6.07, 6.45) is 0. The predicted molar refractivity (Wildman–Crippen MR) is 215 cm³/mol. The fourth-order valence-corrected chi connectivity index (χ4v) is 7.27. The van der Waals surface area contributed by atoms with E-state index in [-0.39, 0.29) is 0 Å². The van der Waals surface area contributed by atoms with E-state index in [2.05, 4.69) is 140 Å². The first-order chi connectivity index (χ1) is 25.8. The van der Waals surface area contributed by atoms with E-state index in [4.69, 9.17) is 19.9 Å². The van der Waals surface area contributed by atoms with Crippen molar-refractivity contribution < 1.29 is 0 Å². The smallest absolute Gasteiger partial charge is 0.0973 e. The van der Waals surface area contributed by atoms with Gasteiger partial charge in [-0.2, -0.15) is 0 Å². The summed E-state index contributed by atoms with van der Waals surface area (Å²) in [5.41, 5.74) is 13.3. The van der Waals surface area contributed by atoms with Crippen molar-refractivity contribution in [2.45, 2.75) is 0 Å². The van der Waals surface area contributed by atoms with Gasteiger partial charge >= 0.3 is 0 Å². The van der Waals surface area contributed by atoms with Crippen molar-refractivity contribution >= 4 is 43.6 Å². The van der Waals surface area contributed by atoms with E-state index in [9.17, 15) is 0 Å². The third-order valence-electron chi connectivity index (χ3n) is 9.83. The molecule has 0 amide bonds. The predicted octanol–water partition coefficient (Wildman–Crippen LogP) is 12.2. The number of hydrogen-bond donors (Lipinski definition) is 0. The highest BCUT2D eigenvalue weighted by Gasteiger charge is 2.18. The van der Waals surface area contributed by atoms with Crippen LogP contribution < -0.4 is 0 Å². The lowest BCUT2D eigenvalue weighted by molar-refractivity contribution is 1.29. The summed E-state index contributed by atoms with van der Waals surface area (Å²) in [4.78, 5) is 21.2. The third kappa shape index (κ3) is 5.17. The highest BCUT2D eigenvalue weighted by Crippen LogP contribution is 2.39. The van der Waals surface area contributed by atoms with Crippen LogP contribution in [0.3, 0.4) is 0 Å². The molecule has 3 aromatic heterocycles. The van der Waals surface area contributed by atoms with Crippen LogP contribution >= 0.6 is 0 Å². The van der Waals surface area contributed by atoms with Crippen molar-refractivity contribution in [2.75, 3.05) is 0 Å². The van der Waals surface area contributed by atoms with Crippen LogP contribution in [-0.2, 0) is 0 Å². The summed E-state index contributed by atoms with van der Waals surface area (Å²) >= 11 is 0. The van der Waals surface area contributed by atoms with E-state index in [0.29, 0.717) is 0 Å². The molecule has 0 N–H and O–H groups in total. The van der Waals surface area contributed by atoms with Gasteiger partial charge in [-0.15, -0.1) is 0 Å². The molecule has 242 valence electrons. The van der Waals surface area contributed by atoms with Gasteiger partial charge in [0.15, 0.2) is 0 Å². The monoisotopic (exact) mass is 662 g/mol. The van der Waals surface area contributed by atoms with E-state index >= 15 is 0 Å². The molecule has 4 nitrogen and oxygen atoms in total. The van der Waals surface area contributed by atoms with Crippen molar-refractivity contribution in [1.29, 1.82) is 0 Å². The minimum atomic E-state index is 0.848. The Hall–Kier alpha value is -7.04. The molecule has 4 heteroatoms. The topological polar surface area (TPSA) is 51.6 Å². The number of hydrogen-bond acceptors (Lipinski definition) is 4. The Morgan fingerprint density at radius 2 is 0.846 bits per heavy atom. The van der Waals surface area contributed by atoms with Gasteiger partial charge in [-0.1, -0.05) is 152 Å². The first-order valence-electron chi connectivity index (χ1n) is 17.5. The molecule has 3 heterocycles. The van der Waals surface area contributed by atoms with Gasteiger partial charge in [-0.05, 0) is 46.7 Å². The fraction of sp³-hybridized carbons (Fsp3) is 0. The molecular weight excluding hydrogens is 633 g/mol. The summed E-state index contributed by atoms with van der Waals surface area (Å²) in [5, 5.41) is 4.39. The molecule has 0 spiro atoms. The van der Waals surface area contributed by atoms with Crippen molar-refractivity contribution in [1.82, 2.24) is 19.9 Å². The molecule has 0 atom stereocenters. The standard InChI is InChI=1S/C48H30N4/c1-4-13-31(14-5-1)41-27-25-34-23-24-35-26-28-42(50-46(35)45(34)49-41)40-30-37(29-36-19-10-11-20-38(36)40)39-21-12-22-43-48(39)52-47(33-17-8-3-9-18-33)44(51-43)32-15-6-2-7-16-32/h1-30H. The SMILES string of the molecule is c1ccc(-c2ccc3ccc4ccc(-c5cc(-c6cccc7nc(-c8ccccc8)c(-c8ccccc8)nc67)cc6ccccc56)nc4c3n2)cc1. The largest absolute Gasteiger partial charge is 0.245 e. The lowest BCUT2D eigenvalue weighted by atomic mass is 9.93. The Kier molecular flexibility index (Phi) is 7.10. The Morgan fingerprint density at radius 3 is 1.54 bits per heavy atom. The van der Waals surface area contributed by atoms with Gasteiger partial charge in [0.25, 0.3) is 0 Å². The number of pyridine rings is 2. The summed E-state index contributed by atoms with van der Waals surface area (Å²) < 4.78 is 0. The van der Waals surface area contributed by atoms with Gasteiger partial charge in [-0.25, -0.2) is 19.9 Å². The van der Waals surface area contributed by atoms with Crippen molar-refractivity contribution in [3.63, 3.8) is 0 Å². The van der Waals surface area contributed by atoms with Crippen LogP contribution in [0.4, 0.5) is 0 Å². The summed E-state index contributed by atoms with van der Waals surface area (Å²) in [7, 11) is 0. The summed E-state index contributed by atoms with van der Waals surface area (Å²) in [6.45, 7) is 0. The normalized spacial score (nSPS) is 11.5. The van der Waals surface area contributed by atoms with Crippen LogP contribution in [0, 0.1) is 0 Å². The molecule has 0 saturated carbocycles. The zero-order valence-corrected chi connectivity index (χ0v) is 28.1. The van der Waals surface area contributed by atoms with Crippen LogP contribution in [0.1, 0.15) is 0 Å². The average molecular weight is 663 g/mol. The third-order valence-corrected chi connectivity index (χ3v) is 9.83. The van der Waals surface area contributed by atoms with Crippen molar-refractivity contribution in [3.05, 3.63) is 182 Å². The maximum Gasteiger partial charge on any atom is 0.0973 e. The van der Waals surface area contributed by atoms with Crippen molar-refractivity contribution in [3.8, 4) is 56.2 Å². The highest BCUT2D eigenvalue weighted by atomic mass is 14.8. The molecule has 0 aliphatic carbocycles. The average Bonchev–Trinajstić information content (AvgIpc) is 3.23. The van der Waals surface area contributed by atoms with Gasteiger partial charge in [0.2, 0.25) is 0 Å². The quantitative estimate of drug-likeness (QED) is 0.172. The molecule has 0 fully saturated rings. The number of nitrogens with zero attached hydrogens (tertiary/aromatic N) is 4. The molecule has 0 saturated heterocycles. The molecule has 52 heavy (non-hydrogen) atoms. The minimum Gasteiger partial charge on any atom is -0.245 e. The fourth-order valence-electron chi connectivity index (χ4n) is 7.27. The molecule has 10 aromatic rings. The van der Waals surface area contributed by atoms with E-state index in [1.807, 2.05) is 42.5 Å². The highest BCUT2D eigenvalue weighted by molar-refractivity contribution is 6.07. The minimum absolute atomic E-state index is 0.848. The Morgan fingerprint density at radius 1 is 0.288 bits per heavy atom. The second-order valence-corrected chi connectivity index (χ2v) is 13.0. The zero-order chi connectivity index (χ0) is 34.4. The van der Waals surface area contributed by atoms with Gasteiger partial charge in [0.1, 0.15) is 0 Å². The number of aromatic nitrogens is 4. The van der Waals surface area contributed by atoms with Crippen LogP contribution in [-0.4, -0.2) is 19.9 Å². The molecule has 0 aliphatic rings. The molecule has 7 aromatic carbocycles. The van der Waals surface area contributed by atoms with Crippen LogP contribution in [0.5, 0.6) is 0 Å². The molecule has 0 bridgehead atoms. The number of para-hydroxylation sites is 1. The number of fused-ring (bicyclic) bond motifs is 5. The van der Waals surface area contributed by atoms with Gasteiger partial charge in [0.05, 0.1) is 44.8 Å². The second kappa shape index (κ2) is 12.4. The Labute approximate surface area is 300 Å². The van der Waals surface area contributed by atoms with E-state index in [1.54, 1.807) is 0 Å². The van der Waals surface area contributed by atoms with E-state index < -0.39 is 0 Å². The molecule has 0 radical (unpaired) electrons. The number of benzene rings is 7. The van der Waals surface area contributed by atoms with E-state index in [1.165, 1.54) is 0 Å². The molecular formula is C48H30N4. The van der Waals surface area contributed by atoms with Gasteiger partial charge in [0, 0.05) is 38.6 Å². The first kappa shape index (κ1) is 29.8. The lowest BCUT2D eigenvalue weighted by Gasteiger charge is -2.15. The van der Waals surface area contributed by atoms with Gasteiger partial charge in [-0.3, -0.25) is 0 Å². The van der Waals surface area contributed by atoms with E-state index in [0.717, 1.165) is 99.8 Å². The van der Waals surface area contributed by atoms with Crippen LogP contribution in [0.25, 0.3) is 99.8 Å². The Bertz CT molecular complexity index is 2940.